The Kier molecular flexibility index (Phi) is 6.06. The number of hydrogen-bond acceptors (Lipinski definition) is 3. The fourth-order valence-corrected chi connectivity index (χ4v) is 4.85. The monoisotopic (exact) mass is 357 g/mol. The lowest BCUT2D eigenvalue weighted by Crippen LogP contribution is -2.64. The molecule has 3 saturated heterocycles. The van der Waals surface area contributed by atoms with Gasteiger partial charge in [0.2, 0.25) is 0 Å². The summed E-state index contributed by atoms with van der Waals surface area (Å²) in [5, 5.41) is 0. The Morgan fingerprint density at radius 3 is 2.12 bits per heavy atom. The van der Waals surface area contributed by atoms with Crippen molar-refractivity contribution in [3.05, 3.63) is 0 Å². The van der Waals surface area contributed by atoms with Gasteiger partial charge in [-0.3, -0.25) is 9.80 Å². The van der Waals surface area contributed by atoms with Gasteiger partial charge in [-0.05, 0) is 64.0 Å². The van der Waals surface area contributed by atoms with Gasteiger partial charge in [0.1, 0.15) is 0 Å². The zero-order valence-electron chi connectivity index (χ0n) is 16.6. The Morgan fingerprint density at radius 1 is 0.960 bits per heavy atom. The van der Waals surface area contributed by atoms with Gasteiger partial charge in [0, 0.05) is 32.2 Å². The van der Waals surface area contributed by atoms with Crippen LogP contribution in [-0.4, -0.2) is 78.5 Å². The largest absolute Gasteiger partial charge is 0.301 e. The number of piperidine rings is 2. The number of nitrogens with zero attached hydrogens (tertiary/aromatic N) is 3. The van der Waals surface area contributed by atoms with E-state index in [-0.39, 0.29) is 6.54 Å². The number of hydrogen-bond donors (Lipinski definition) is 0. The van der Waals surface area contributed by atoms with Crippen LogP contribution in [0.15, 0.2) is 0 Å². The summed E-state index contributed by atoms with van der Waals surface area (Å²) in [5.41, 5.74) is 0. The summed E-state index contributed by atoms with van der Waals surface area (Å²) >= 11 is 0. The van der Waals surface area contributed by atoms with Crippen molar-refractivity contribution in [3.8, 4) is 0 Å². The first-order chi connectivity index (χ1) is 11.8. The Morgan fingerprint density at radius 2 is 1.60 bits per heavy atom. The van der Waals surface area contributed by atoms with Crippen LogP contribution in [0.5, 0.6) is 0 Å². The zero-order valence-corrected chi connectivity index (χ0v) is 16.6. The minimum Gasteiger partial charge on any atom is -0.301 e. The van der Waals surface area contributed by atoms with E-state index in [0.717, 1.165) is 52.1 Å². The molecule has 3 aliphatic rings. The normalized spacial score (nSPS) is 31.0. The van der Waals surface area contributed by atoms with E-state index in [4.69, 9.17) is 0 Å². The number of likely N-dealkylation sites (tertiary alicyclic amines) is 3. The Hall–Kier alpha value is -0.260. The maximum Gasteiger partial charge on any atom is 0.275 e. The average Bonchev–Trinajstić information content (AvgIpc) is 2.47. The molecule has 0 aromatic heterocycles. The van der Waals surface area contributed by atoms with E-state index in [1.165, 1.54) is 0 Å². The van der Waals surface area contributed by atoms with Gasteiger partial charge in [-0.1, -0.05) is 13.8 Å². The predicted molar refractivity (Wildman–Crippen MR) is 99.1 cm³/mol. The predicted octanol–water partition coefficient (Wildman–Crippen LogP) is 3.40. The molecule has 3 fully saturated rings. The van der Waals surface area contributed by atoms with Crippen molar-refractivity contribution in [1.29, 1.82) is 0 Å². The fourth-order valence-electron chi connectivity index (χ4n) is 4.85. The molecule has 0 bridgehead atoms. The topological polar surface area (TPSA) is 9.72 Å². The highest BCUT2D eigenvalue weighted by molar-refractivity contribution is 4.98. The van der Waals surface area contributed by atoms with E-state index in [1.54, 1.807) is 0 Å². The third-order valence-electron chi connectivity index (χ3n) is 6.86. The van der Waals surface area contributed by atoms with Crippen LogP contribution in [0, 0.1) is 17.8 Å². The molecule has 0 spiro atoms. The summed E-state index contributed by atoms with van der Waals surface area (Å²) in [5.74, 6) is -0.739. The third kappa shape index (κ3) is 4.54. The lowest BCUT2D eigenvalue weighted by Gasteiger charge is -2.51. The van der Waals surface area contributed by atoms with Gasteiger partial charge in [-0.2, -0.15) is 0 Å². The van der Waals surface area contributed by atoms with Gasteiger partial charge in [0.05, 0.1) is 12.6 Å². The highest BCUT2D eigenvalue weighted by Gasteiger charge is 2.50. The van der Waals surface area contributed by atoms with E-state index in [9.17, 15) is 8.78 Å². The van der Waals surface area contributed by atoms with Crippen molar-refractivity contribution in [2.75, 3.05) is 45.8 Å². The van der Waals surface area contributed by atoms with E-state index in [2.05, 4.69) is 32.6 Å². The highest BCUT2D eigenvalue weighted by Crippen LogP contribution is 2.37. The second-order valence-electron chi connectivity index (χ2n) is 9.33. The van der Waals surface area contributed by atoms with Crippen molar-refractivity contribution >= 4 is 0 Å². The Labute approximate surface area is 152 Å². The van der Waals surface area contributed by atoms with Gasteiger partial charge in [-0.25, -0.2) is 8.78 Å². The van der Waals surface area contributed by atoms with E-state index >= 15 is 0 Å². The van der Waals surface area contributed by atoms with E-state index in [1.807, 2.05) is 9.80 Å². The molecule has 3 heterocycles. The summed E-state index contributed by atoms with van der Waals surface area (Å²) in [6, 6.07) is 0.0776. The molecule has 3 nitrogen and oxygen atoms in total. The number of rotatable bonds is 5. The van der Waals surface area contributed by atoms with E-state index < -0.39 is 12.0 Å². The molecule has 0 saturated carbocycles. The molecule has 1 atom stereocenters. The first-order valence-electron chi connectivity index (χ1n) is 10.3. The molecule has 0 radical (unpaired) electrons. The molecule has 0 aliphatic carbocycles. The summed E-state index contributed by atoms with van der Waals surface area (Å²) in [4.78, 5) is 6.60. The second-order valence-corrected chi connectivity index (χ2v) is 9.33. The minimum atomic E-state index is -2.56. The quantitative estimate of drug-likeness (QED) is 0.747. The molecular formula is C20H37F2N3. The maximum atomic E-state index is 14.7. The van der Waals surface area contributed by atoms with E-state index in [0.29, 0.717) is 30.2 Å². The van der Waals surface area contributed by atoms with Crippen LogP contribution in [0.25, 0.3) is 0 Å². The summed E-state index contributed by atoms with van der Waals surface area (Å²) in [6.07, 6.45) is 2.94. The van der Waals surface area contributed by atoms with Crippen molar-refractivity contribution < 1.29 is 8.78 Å². The molecule has 0 aromatic carbocycles. The van der Waals surface area contributed by atoms with Crippen LogP contribution in [0.3, 0.4) is 0 Å². The Balaban J connectivity index is 1.45. The molecule has 0 N–H and O–H groups in total. The van der Waals surface area contributed by atoms with Gasteiger partial charge < -0.3 is 4.90 Å². The van der Waals surface area contributed by atoms with Crippen LogP contribution in [0.2, 0.25) is 0 Å². The number of alkyl halides is 2. The van der Waals surface area contributed by atoms with Crippen LogP contribution in [0.1, 0.15) is 47.0 Å². The highest BCUT2D eigenvalue weighted by atomic mass is 19.3. The third-order valence-corrected chi connectivity index (χ3v) is 6.86. The summed E-state index contributed by atoms with van der Waals surface area (Å²) in [6.45, 7) is 14.5. The van der Waals surface area contributed by atoms with Crippen molar-refractivity contribution in [2.45, 2.75) is 65.0 Å². The van der Waals surface area contributed by atoms with Gasteiger partial charge in [-0.15, -0.1) is 0 Å². The zero-order chi connectivity index (χ0) is 18.2. The molecular weight excluding hydrogens is 320 g/mol. The van der Waals surface area contributed by atoms with Gasteiger partial charge in [0.25, 0.3) is 5.92 Å². The number of halogens is 2. The van der Waals surface area contributed by atoms with Gasteiger partial charge in [0.15, 0.2) is 0 Å². The lowest BCUT2D eigenvalue weighted by atomic mass is 9.84. The standard InChI is InChI=1S/C20H37F2N3/c1-15(2)18-12-25(13-18)19-7-8-23(14-20(19,21)22)11-17-5-9-24(10-6-17)16(3)4/h15-19H,5-14H2,1-4H3. The van der Waals surface area contributed by atoms with Crippen LogP contribution in [-0.2, 0) is 0 Å². The molecule has 146 valence electrons. The van der Waals surface area contributed by atoms with Crippen molar-refractivity contribution in [2.24, 2.45) is 17.8 Å². The molecule has 5 heteroatoms. The van der Waals surface area contributed by atoms with Crippen molar-refractivity contribution in [1.82, 2.24) is 14.7 Å². The maximum absolute atomic E-state index is 14.7. The summed E-state index contributed by atoms with van der Waals surface area (Å²) in [7, 11) is 0. The second kappa shape index (κ2) is 7.77. The molecule has 1 unspecified atom stereocenters. The molecule has 3 aliphatic heterocycles. The van der Waals surface area contributed by atoms with Crippen molar-refractivity contribution in [3.63, 3.8) is 0 Å². The fraction of sp³-hybridized carbons (Fsp3) is 1.00. The van der Waals surface area contributed by atoms with Crippen LogP contribution in [0.4, 0.5) is 8.78 Å². The van der Waals surface area contributed by atoms with Crippen LogP contribution >= 0.6 is 0 Å². The SMILES string of the molecule is CC(C)C1CN(C2CCN(CC3CCN(C(C)C)CC3)CC2(F)F)C1. The first kappa shape index (κ1) is 19.5. The minimum absolute atomic E-state index is 0.0368. The molecule has 3 rings (SSSR count). The van der Waals surface area contributed by atoms with Crippen LogP contribution < -0.4 is 0 Å². The Bertz CT molecular complexity index is 427. The first-order valence-corrected chi connectivity index (χ1v) is 10.3. The van der Waals surface area contributed by atoms with Gasteiger partial charge >= 0.3 is 0 Å². The molecule has 0 amide bonds. The smallest absolute Gasteiger partial charge is 0.275 e. The summed E-state index contributed by atoms with van der Waals surface area (Å²) < 4.78 is 29.5. The lowest BCUT2D eigenvalue weighted by molar-refractivity contribution is -0.154. The molecule has 25 heavy (non-hydrogen) atoms. The average molecular weight is 358 g/mol. The molecule has 0 aromatic rings.